The number of methoxy groups -OCH3 is 2. The van der Waals surface area contributed by atoms with E-state index in [-0.39, 0.29) is 5.91 Å². The number of ether oxygens (including phenoxy) is 2. The number of amides is 3. The Balaban J connectivity index is 1.75. The second-order valence-corrected chi connectivity index (χ2v) is 7.95. The average Bonchev–Trinajstić information content (AvgIpc) is 3.09. The van der Waals surface area contributed by atoms with E-state index in [1.54, 1.807) is 30.2 Å². The van der Waals surface area contributed by atoms with Crippen molar-refractivity contribution in [2.45, 2.75) is 27.2 Å². The average molecular weight is 397 g/mol. The van der Waals surface area contributed by atoms with Gasteiger partial charge in [-0.3, -0.25) is 4.79 Å². The smallest absolute Gasteiger partial charge is 0.323 e. The minimum absolute atomic E-state index is 0.0702. The SMILES string of the molecule is COc1ccc(NC(=O)Nc2ccc3c(c2)N(C(=O)C(C)(C)C)CC3)c(OC)c1. The maximum absolute atomic E-state index is 12.7. The molecule has 0 fully saturated rings. The fourth-order valence-corrected chi connectivity index (χ4v) is 3.26. The van der Waals surface area contributed by atoms with Crippen molar-refractivity contribution >= 4 is 29.0 Å². The molecular formula is C22H27N3O4. The van der Waals surface area contributed by atoms with Crippen LogP contribution in [0.3, 0.4) is 0 Å². The highest BCUT2D eigenvalue weighted by atomic mass is 16.5. The minimum Gasteiger partial charge on any atom is -0.497 e. The molecular weight excluding hydrogens is 370 g/mol. The number of nitrogens with one attached hydrogen (secondary N) is 2. The van der Waals surface area contributed by atoms with Gasteiger partial charge in [-0.2, -0.15) is 0 Å². The first-order chi connectivity index (χ1) is 13.7. The standard InChI is InChI=1S/C22H27N3O4/c1-22(2,3)20(26)25-11-10-14-6-7-15(12-18(14)25)23-21(27)24-17-9-8-16(28-4)13-19(17)29-5/h6-9,12-13H,10-11H2,1-5H3,(H2,23,24,27). The van der Waals surface area contributed by atoms with Crippen LogP contribution in [-0.4, -0.2) is 32.7 Å². The lowest BCUT2D eigenvalue weighted by molar-refractivity contribution is -0.125. The third kappa shape index (κ3) is 4.45. The number of carbonyl (C=O) groups is 2. The molecule has 3 rings (SSSR count). The summed E-state index contributed by atoms with van der Waals surface area (Å²) in [7, 11) is 3.09. The van der Waals surface area contributed by atoms with Crippen LogP contribution in [-0.2, 0) is 11.2 Å². The number of hydrogen-bond acceptors (Lipinski definition) is 4. The molecule has 1 aliphatic heterocycles. The van der Waals surface area contributed by atoms with Crippen molar-refractivity contribution < 1.29 is 19.1 Å². The largest absolute Gasteiger partial charge is 0.497 e. The molecule has 0 aromatic heterocycles. The van der Waals surface area contributed by atoms with Gasteiger partial charge in [0.2, 0.25) is 5.91 Å². The second kappa shape index (κ2) is 8.03. The van der Waals surface area contributed by atoms with Gasteiger partial charge in [0.15, 0.2) is 0 Å². The molecule has 29 heavy (non-hydrogen) atoms. The van der Waals surface area contributed by atoms with Gasteiger partial charge in [-0.25, -0.2) is 4.79 Å². The number of urea groups is 1. The first kappa shape index (κ1) is 20.5. The zero-order valence-electron chi connectivity index (χ0n) is 17.5. The van der Waals surface area contributed by atoms with Crippen LogP contribution in [0.15, 0.2) is 36.4 Å². The predicted octanol–water partition coefficient (Wildman–Crippen LogP) is 4.28. The van der Waals surface area contributed by atoms with Crippen LogP contribution in [0.5, 0.6) is 11.5 Å². The number of benzene rings is 2. The van der Waals surface area contributed by atoms with Crippen molar-refractivity contribution in [2.24, 2.45) is 5.41 Å². The molecule has 0 saturated heterocycles. The summed E-state index contributed by atoms with van der Waals surface area (Å²) in [5.74, 6) is 1.20. The summed E-state index contributed by atoms with van der Waals surface area (Å²) in [6, 6.07) is 10.4. The van der Waals surface area contributed by atoms with E-state index in [0.29, 0.717) is 29.4 Å². The van der Waals surface area contributed by atoms with E-state index >= 15 is 0 Å². The summed E-state index contributed by atoms with van der Waals surface area (Å²) in [6.45, 7) is 6.38. The van der Waals surface area contributed by atoms with E-state index in [1.807, 2.05) is 39.0 Å². The fourth-order valence-electron chi connectivity index (χ4n) is 3.26. The summed E-state index contributed by atoms with van der Waals surface area (Å²) in [5.41, 5.74) is 2.63. The molecule has 0 radical (unpaired) electrons. The molecule has 0 spiro atoms. The molecule has 7 nitrogen and oxygen atoms in total. The van der Waals surface area contributed by atoms with Crippen LogP contribution in [0.4, 0.5) is 21.9 Å². The summed E-state index contributed by atoms with van der Waals surface area (Å²) in [4.78, 5) is 27.0. The molecule has 1 aliphatic rings. The van der Waals surface area contributed by atoms with Crippen molar-refractivity contribution in [1.29, 1.82) is 0 Å². The van der Waals surface area contributed by atoms with Gasteiger partial charge in [0.1, 0.15) is 11.5 Å². The third-order valence-electron chi connectivity index (χ3n) is 4.78. The van der Waals surface area contributed by atoms with Crippen molar-refractivity contribution in [3.05, 3.63) is 42.0 Å². The van der Waals surface area contributed by atoms with Crippen LogP contribution in [0, 0.1) is 5.41 Å². The Morgan fingerprint density at radius 3 is 2.41 bits per heavy atom. The molecule has 0 unspecified atom stereocenters. The van der Waals surface area contributed by atoms with E-state index < -0.39 is 11.4 Å². The maximum atomic E-state index is 12.7. The number of nitrogens with zero attached hydrogens (tertiary/aromatic N) is 1. The van der Waals surface area contributed by atoms with Gasteiger partial charge in [0.05, 0.1) is 19.9 Å². The van der Waals surface area contributed by atoms with E-state index in [4.69, 9.17) is 9.47 Å². The third-order valence-corrected chi connectivity index (χ3v) is 4.78. The van der Waals surface area contributed by atoms with Gasteiger partial charge in [-0.15, -0.1) is 0 Å². The normalized spacial score (nSPS) is 12.9. The van der Waals surface area contributed by atoms with Gasteiger partial charge in [0, 0.05) is 29.4 Å². The zero-order valence-corrected chi connectivity index (χ0v) is 17.5. The number of carbonyl (C=O) groups excluding carboxylic acids is 2. The molecule has 1 heterocycles. The van der Waals surface area contributed by atoms with Crippen LogP contribution < -0.4 is 25.0 Å². The van der Waals surface area contributed by atoms with Crippen LogP contribution in [0.25, 0.3) is 0 Å². The molecule has 2 aromatic rings. The maximum Gasteiger partial charge on any atom is 0.323 e. The van der Waals surface area contributed by atoms with Crippen LogP contribution in [0.1, 0.15) is 26.3 Å². The Bertz CT molecular complexity index is 934. The highest BCUT2D eigenvalue weighted by Gasteiger charge is 2.32. The molecule has 7 heteroatoms. The fraction of sp³-hybridized carbons (Fsp3) is 0.364. The summed E-state index contributed by atoms with van der Waals surface area (Å²) >= 11 is 0. The number of hydrogen-bond donors (Lipinski definition) is 2. The summed E-state index contributed by atoms with van der Waals surface area (Å²) in [6.07, 6.45) is 0.812. The number of fused-ring (bicyclic) bond motifs is 1. The van der Waals surface area contributed by atoms with E-state index in [1.165, 1.54) is 7.11 Å². The van der Waals surface area contributed by atoms with Gasteiger partial charge in [-0.05, 0) is 36.2 Å². The van der Waals surface area contributed by atoms with Gasteiger partial charge < -0.3 is 25.0 Å². The Kier molecular flexibility index (Phi) is 5.68. The van der Waals surface area contributed by atoms with Gasteiger partial charge in [-0.1, -0.05) is 26.8 Å². The lowest BCUT2D eigenvalue weighted by Gasteiger charge is -2.26. The van der Waals surface area contributed by atoms with Gasteiger partial charge in [0.25, 0.3) is 0 Å². The monoisotopic (exact) mass is 397 g/mol. The zero-order chi connectivity index (χ0) is 21.2. The van der Waals surface area contributed by atoms with E-state index in [0.717, 1.165) is 17.7 Å². The van der Waals surface area contributed by atoms with Crippen molar-refractivity contribution in [1.82, 2.24) is 0 Å². The van der Waals surface area contributed by atoms with Gasteiger partial charge >= 0.3 is 6.03 Å². The highest BCUT2D eigenvalue weighted by molar-refractivity contribution is 6.03. The Morgan fingerprint density at radius 1 is 1.00 bits per heavy atom. The topological polar surface area (TPSA) is 79.9 Å². The van der Waals surface area contributed by atoms with Crippen molar-refractivity contribution in [3.8, 4) is 11.5 Å². The predicted molar refractivity (Wildman–Crippen MR) is 114 cm³/mol. The van der Waals surface area contributed by atoms with Crippen molar-refractivity contribution in [2.75, 3.05) is 36.3 Å². The molecule has 3 amide bonds. The number of rotatable bonds is 4. The Hall–Kier alpha value is -3.22. The van der Waals surface area contributed by atoms with Crippen molar-refractivity contribution in [3.63, 3.8) is 0 Å². The Morgan fingerprint density at radius 2 is 1.76 bits per heavy atom. The molecule has 2 aromatic carbocycles. The first-order valence-electron chi connectivity index (χ1n) is 9.48. The lowest BCUT2D eigenvalue weighted by Crippen LogP contribution is -2.38. The summed E-state index contributed by atoms with van der Waals surface area (Å²) in [5, 5.41) is 5.60. The minimum atomic E-state index is -0.465. The molecule has 0 bridgehead atoms. The second-order valence-electron chi connectivity index (χ2n) is 7.95. The number of anilines is 3. The molecule has 154 valence electrons. The highest BCUT2D eigenvalue weighted by Crippen LogP contribution is 2.34. The summed E-state index contributed by atoms with van der Waals surface area (Å²) < 4.78 is 10.5. The lowest BCUT2D eigenvalue weighted by atomic mass is 9.94. The molecule has 0 saturated carbocycles. The Labute approximate surface area is 171 Å². The van der Waals surface area contributed by atoms with Crippen LogP contribution >= 0.6 is 0 Å². The molecule has 2 N–H and O–H groups in total. The molecule has 0 aliphatic carbocycles. The van der Waals surface area contributed by atoms with E-state index in [2.05, 4.69) is 10.6 Å². The van der Waals surface area contributed by atoms with E-state index in [9.17, 15) is 9.59 Å². The quantitative estimate of drug-likeness (QED) is 0.807. The first-order valence-corrected chi connectivity index (χ1v) is 9.48. The molecule has 0 atom stereocenters. The van der Waals surface area contributed by atoms with Crippen LogP contribution in [0.2, 0.25) is 0 Å².